The Hall–Kier alpha value is -1.32. The fourth-order valence-electron chi connectivity index (χ4n) is 3.06. The van der Waals surface area contributed by atoms with Crippen LogP contribution in [0.2, 0.25) is 5.02 Å². The van der Waals surface area contributed by atoms with Crippen molar-refractivity contribution in [2.75, 3.05) is 13.1 Å². The number of halogens is 1. The van der Waals surface area contributed by atoms with E-state index in [0.717, 1.165) is 18.1 Å². The molecule has 0 radical (unpaired) electrons. The van der Waals surface area contributed by atoms with Crippen LogP contribution >= 0.6 is 11.6 Å². The van der Waals surface area contributed by atoms with Crippen molar-refractivity contribution in [1.82, 2.24) is 15.5 Å². The summed E-state index contributed by atoms with van der Waals surface area (Å²) in [5.74, 6) is 0. The summed E-state index contributed by atoms with van der Waals surface area (Å²) in [5.41, 5.74) is 5.51. The van der Waals surface area contributed by atoms with Gasteiger partial charge < -0.3 is 5.32 Å². The van der Waals surface area contributed by atoms with E-state index < -0.39 is 0 Å². The fourth-order valence-corrected chi connectivity index (χ4v) is 3.30. The van der Waals surface area contributed by atoms with Crippen molar-refractivity contribution in [2.24, 2.45) is 0 Å². The molecule has 27 heavy (non-hydrogen) atoms. The van der Waals surface area contributed by atoms with Gasteiger partial charge in [0, 0.05) is 10.7 Å². The lowest BCUT2D eigenvalue weighted by molar-refractivity contribution is 0.669. The molecule has 2 aromatic rings. The standard InChI is InChI=1S/C11H18N2.C7H7Cl.C5H13N/c1-2-3-7-10-9-6-4-5-8-11(9)13-12-10;1-6-3-2-4-7(8)5-6;1-3-5-6-4-2/h2-8H2,1H3,(H,12,13);2-5H,1H3;6H,3-5H2,1-2H3. The Morgan fingerprint density at radius 3 is 2.44 bits per heavy atom. The van der Waals surface area contributed by atoms with Gasteiger partial charge in [-0.25, -0.2) is 0 Å². The Morgan fingerprint density at radius 1 is 1.11 bits per heavy atom. The normalized spacial score (nSPS) is 12.3. The first-order valence-corrected chi connectivity index (χ1v) is 11.0. The lowest BCUT2D eigenvalue weighted by Gasteiger charge is -2.10. The van der Waals surface area contributed by atoms with Crippen molar-refractivity contribution in [3.63, 3.8) is 0 Å². The number of aromatic nitrogens is 2. The van der Waals surface area contributed by atoms with Crippen LogP contribution in [0.25, 0.3) is 0 Å². The SMILES string of the molecule is CCCCc1n[nH]c2c1CCCC2.CCCNCC.Cc1cccc(Cl)c1. The minimum atomic E-state index is 0.810. The van der Waals surface area contributed by atoms with Gasteiger partial charge in [0.1, 0.15) is 0 Å². The first-order valence-electron chi connectivity index (χ1n) is 10.6. The molecule has 0 unspecified atom stereocenters. The number of unbranched alkanes of at least 4 members (excludes halogenated alkanes) is 1. The number of aryl methyl sites for hydroxylation is 3. The zero-order valence-corrected chi connectivity index (χ0v) is 18.5. The molecule has 1 aliphatic carbocycles. The van der Waals surface area contributed by atoms with E-state index in [1.54, 1.807) is 5.56 Å². The van der Waals surface area contributed by atoms with Crippen LogP contribution in [0.4, 0.5) is 0 Å². The lowest BCUT2D eigenvalue weighted by atomic mass is 9.94. The smallest absolute Gasteiger partial charge is 0.0656 e. The number of fused-ring (bicyclic) bond motifs is 1. The summed E-state index contributed by atoms with van der Waals surface area (Å²) in [6, 6.07) is 7.76. The van der Waals surface area contributed by atoms with E-state index >= 15 is 0 Å². The third kappa shape index (κ3) is 9.97. The van der Waals surface area contributed by atoms with Crippen molar-refractivity contribution < 1.29 is 0 Å². The Kier molecular flexibility index (Phi) is 12.9. The number of H-pyrrole nitrogens is 1. The molecule has 0 saturated heterocycles. The van der Waals surface area contributed by atoms with Crippen LogP contribution in [0.15, 0.2) is 24.3 Å². The van der Waals surface area contributed by atoms with Crippen LogP contribution in [0.5, 0.6) is 0 Å². The maximum atomic E-state index is 5.64. The van der Waals surface area contributed by atoms with Gasteiger partial charge in [-0.1, -0.05) is 50.9 Å². The number of benzene rings is 1. The van der Waals surface area contributed by atoms with Crippen LogP contribution in [-0.4, -0.2) is 23.3 Å². The molecule has 0 aliphatic heterocycles. The van der Waals surface area contributed by atoms with Gasteiger partial charge in [0.25, 0.3) is 0 Å². The Bertz CT molecular complexity index is 601. The fraction of sp³-hybridized carbons (Fsp3) is 0.609. The molecule has 0 spiro atoms. The monoisotopic (exact) mass is 391 g/mol. The third-order valence-corrected chi connectivity index (χ3v) is 4.80. The quantitative estimate of drug-likeness (QED) is 0.568. The second kappa shape index (κ2) is 14.7. The van der Waals surface area contributed by atoms with Gasteiger partial charge in [0.15, 0.2) is 0 Å². The highest BCUT2D eigenvalue weighted by atomic mass is 35.5. The van der Waals surface area contributed by atoms with E-state index in [9.17, 15) is 0 Å². The molecule has 0 bridgehead atoms. The van der Waals surface area contributed by atoms with Crippen molar-refractivity contribution in [3.05, 3.63) is 51.8 Å². The van der Waals surface area contributed by atoms with Gasteiger partial charge in [-0.05, 0) is 88.2 Å². The molecular weight excluding hydrogens is 354 g/mol. The van der Waals surface area contributed by atoms with E-state index in [1.807, 2.05) is 31.2 Å². The van der Waals surface area contributed by atoms with Gasteiger partial charge in [0.2, 0.25) is 0 Å². The molecule has 1 heterocycles. The Balaban J connectivity index is 0.000000224. The molecule has 0 atom stereocenters. The highest BCUT2D eigenvalue weighted by Crippen LogP contribution is 2.22. The van der Waals surface area contributed by atoms with Crippen LogP contribution < -0.4 is 5.32 Å². The highest BCUT2D eigenvalue weighted by Gasteiger charge is 2.15. The molecule has 152 valence electrons. The molecule has 2 N–H and O–H groups in total. The summed E-state index contributed by atoms with van der Waals surface area (Å²) in [5, 5.41) is 11.6. The van der Waals surface area contributed by atoms with Gasteiger partial charge in [-0.2, -0.15) is 5.10 Å². The molecule has 0 saturated carbocycles. The maximum absolute atomic E-state index is 5.64. The van der Waals surface area contributed by atoms with Gasteiger partial charge >= 0.3 is 0 Å². The first-order chi connectivity index (χ1) is 13.1. The summed E-state index contributed by atoms with van der Waals surface area (Å²) in [6.45, 7) is 10.8. The van der Waals surface area contributed by atoms with Crippen LogP contribution in [0, 0.1) is 6.92 Å². The largest absolute Gasteiger partial charge is 0.317 e. The second-order valence-electron chi connectivity index (χ2n) is 7.09. The first kappa shape index (κ1) is 23.7. The summed E-state index contributed by atoms with van der Waals surface area (Å²) in [7, 11) is 0. The average Bonchev–Trinajstić information content (AvgIpc) is 3.09. The molecule has 1 aliphatic rings. The molecule has 1 aromatic heterocycles. The number of hydrogen-bond donors (Lipinski definition) is 2. The summed E-state index contributed by atoms with van der Waals surface area (Å²) < 4.78 is 0. The van der Waals surface area contributed by atoms with E-state index in [0.29, 0.717) is 0 Å². The van der Waals surface area contributed by atoms with Crippen molar-refractivity contribution >= 4 is 11.6 Å². The number of nitrogens with zero attached hydrogens (tertiary/aromatic N) is 1. The van der Waals surface area contributed by atoms with Crippen LogP contribution in [-0.2, 0) is 19.3 Å². The molecule has 3 rings (SSSR count). The van der Waals surface area contributed by atoms with E-state index in [4.69, 9.17) is 11.6 Å². The second-order valence-corrected chi connectivity index (χ2v) is 7.53. The highest BCUT2D eigenvalue weighted by molar-refractivity contribution is 6.30. The van der Waals surface area contributed by atoms with E-state index in [-0.39, 0.29) is 0 Å². The average molecular weight is 392 g/mol. The van der Waals surface area contributed by atoms with Gasteiger partial charge in [0.05, 0.1) is 5.69 Å². The predicted molar refractivity (Wildman–Crippen MR) is 119 cm³/mol. The molecular formula is C23H38ClN3. The minimum absolute atomic E-state index is 0.810. The molecule has 1 aromatic carbocycles. The zero-order valence-electron chi connectivity index (χ0n) is 17.7. The summed E-state index contributed by atoms with van der Waals surface area (Å²) >= 11 is 5.64. The third-order valence-electron chi connectivity index (χ3n) is 4.57. The summed E-state index contributed by atoms with van der Waals surface area (Å²) in [4.78, 5) is 0. The number of aromatic amines is 1. The number of hydrogen-bond acceptors (Lipinski definition) is 2. The lowest BCUT2D eigenvalue weighted by Crippen LogP contribution is -2.12. The number of nitrogens with one attached hydrogen (secondary N) is 2. The van der Waals surface area contributed by atoms with Crippen LogP contribution in [0.1, 0.15) is 75.4 Å². The molecule has 4 heteroatoms. The zero-order chi connectivity index (χ0) is 19.9. The summed E-state index contributed by atoms with van der Waals surface area (Å²) in [6.07, 6.45) is 10.1. The topological polar surface area (TPSA) is 40.7 Å². The number of rotatable bonds is 6. The Morgan fingerprint density at radius 2 is 1.89 bits per heavy atom. The molecule has 0 fully saturated rings. The van der Waals surface area contributed by atoms with Gasteiger partial charge in [-0.15, -0.1) is 0 Å². The van der Waals surface area contributed by atoms with Gasteiger partial charge in [-0.3, -0.25) is 5.10 Å². The minimum Gasteiger partial charge on any atom is -0.317 e. The molecule has 3 nitrogen and oxygen atoms in total. The Labute approximate surface area is 171 Å². The van der Waals surface area contributed by atoms with Crippen molar-refractivity contribution in [1.29, 1.82) is 0 Å². The predicted octanol–water partition coefficient (Wildman–Crippen LogP) is 6.29. The van der Waals surface area contributed by atoms with Crippen molar-refractivity contribution in [3.8, 4) is 0 Å². The molecule has 0 amide bonds. The van der Waals surface area contributed by atoms with Crippen molar-refractivity contribution in [2.45, 2.75) is 79.1 Å². The van der Waals surface area contributed by atoms with E-state index in [2.05, 4.69) is 36.3 Å². The van der Waals surface area contributed by atoms with E-state index in [1.165, 1.54) is 68.3 Å². The van der Waals surface area contributed by atoms with Crippen LogP contribution in [0.3, 0.4) is 0 Å². The maximum Gasteiger partial charge on any atom is 0.0656 e.